The Kier molecular flexibility index (Phi) is 10.9. The number of aliphatic hydroxyl groups is 1. The number of rotatable bonds is 15. The zero-order valence-corrected chi connectivity index (χ0v) is 21.0. The lowest BCUT2D eigenvalue weighted by molar-refractivity contribution is -0.121. The maximum Gasteiger partial charge on any atom is 0.220 e. The van der Waals surface area contributed by atoms with Crippen LogP contribution in [0, 0.1) is 0 Å². The molecule has 0 aliphatic carbocycles. The summed E-state index contributed by atoms with van der Waals surface area (Å²) in [6.45, 7) is 1.15. The van der Waals surface area contributed by atoms with Crippen molar-refractivity contribution in [1.29, 1.82) is 0 Å². The van der Waals surface area contributed by atoms with Crippen molar-refractivity contribution < 1.29 is 24.1 Å². The number of methoxy groups -OCH3 is 2. The van der Waals surface area contributed by atoms with Gasteiger partial charge in [-0.1, -0.05) is 11.8 Å². The number of H-pyrrole nitrogens is 1. The molecule has 0 aliphatic rings. The molecule has 0 aliphatic heterocycles. The number of imidazole rings is 1. The van der Waals surface area contributed by atoms with Crippen LogP contribution in [-0.4, -0.2) is 67.3 Å². The fourth-order valence-corrected chi connectivity index (χ4v) is 4.29. The van der Waals surface area contributed by atoms with Crippen LogP contribution < -0.4 is 14.8 Å². The number of hydrogen-bond acceptors (Lipinski definition) is 7. The van der Waals surface area contributed by atoms with Crippen LogP contribution in [0.15, 0.2) is 53.7 Å². The third-order valence-corrected chi connectivity index (χ3v) is 6.22. The van der Waals surface area contributed by atoms with E-state index >= 15 is 0 Å². The lowest BCUT2D eigenvalue weighted by Gasteiger charge is -2.06. The molecule has 1 amide bonds. The van der Waals surface area contributed by atoms with E-state index in [4.69, 9.17) is 24.3 Å². The first kappa shape index (κ1) is 26.6. The number of carbonyl (C=O) groups excluding carboxylic acids is 1. The van der Waals surface area contributed by atoms with Gasteiger partial charge in [-0.05, 0) is 61.4 Å². The Morgan fingerprint density at radius 2 is 1.63 bits per heavy atom. The summed E-state index contributed by atoms with van der Waals surface area (Å²) in [4.78, 5) is 20.3. The molecule has 3 aromatic rings. The maximum atomic E-state index is 11.9. The number of nitrogens with zero attached hydrogens (tertiary/aromatic N) is 1. The van der Waals surface area contributed by atoms with Crippen LogP contribution in [0.3, 0.4) is 0 Å². The van der Waals surface area contributed by atoms with Crippen LogP contribution in [-0.2, 0) is 9.53 Å². The fraction of sp³-hybridized carbons (Fsp3) is 0.385. The second kappa shape index (κ2) is 14.4. The summed E-state index contributed by atoms with van der Waals surface area (Å²) in [7, 11) is 3.30. The smallest absolute Gasteiger partial charge is 0.220 e. The van der Waals surface area contributed by atoms with Crippen molar-refractivity contribution in [3.63, 3.8) is 0 Å². The summed E-state index contributed by atoms with van der Waals surface area (Å²) in [5, 5.41) is 12.3. The first-order chi connectivity index (χ1) is 17.1. The standard InChI is InChI=1S/C26H33N3O5S/c1-32-21-10-6-19(7-11-21)24-25(20-8-12-22(33-2)13-9-20)29-26(28-24)35-18-4-3-5-23(31)27-14-16-34-17-15-30/h6-13,30H,3-5,14-18H2,1-2H3,(H,27,31)(H,28,29). The Morgan fingerprint density at radius 1 is 0.971 bits per heavy atom. The van der Waals surface area contributed by atoms with Crippen molar-refractivity contribution in [3.05, 3.63) is 48.5 Å². The van der Waals surface area contributed by atoms with E-state index in [2.05, 4.69) is 10.3 Å². The zero-order valence-electron chi connectivity index (χ0n) is 20.2. The topological polar surface area (TPSA) is 106 Å². The average molecular weight is 500 g/mol. The largest absolute Gasteiger partial charge is 0.497 e. The molecule has 3 rings (SSSR count). The van der Waals surface area contributed by atoms with Gasteiger partial charge >= 0.3 is 0 Å². The van der Waals surface area contributed by atoms with Gasteiger partial charge in [0, 0.05) is 29.8 Å². The summed E-state index contributed by atoms with van der Waals surface area (Å²) in [5.41, 5.74) is 3.85. The van der Waals surface area contributed by atoms with E-state index in [-0.39, 0.29) is 12.5 Å². The van der Waals surface area contributed by atoms with Crippen LogP contribution in [0.5, 0.6) is 11.5 Å². The Labute approximate surface area is 210 Å². The molecule has 9 heteroatoms. The molecule has 1 aromatic heterocycles. The molecule has 2 aromatic carbocycles. The number of nitrogens with one attached hydrogen (secondary N) is 2. The van der Waals surface area contributed by atoms with E-state index in [1.807, 2.05) is 48.5 Å². The second-order valence-electron chi connectivity index (χ2n) is 7.71. The highest BCUT2D eigenvalue weighted by Gasteiger charge is 2.15. The molecule has 0 bridgehead atoms. The number of aliphatic hydroxyl groups excluding tert-OH is 1. The van der Waals surface area contributed by atoms with Gasteiger partial charge in [-0.3, -0.25) is 4.79 Å². The summed E-state index contributed by atoms with van der Waals surface area (Å²) in [5.74, 6) is 2.47. The minimum absolute atomic E-state index is 0.00946. The molecule has 188 valence electrons. The molecule has 1 heterocycles. The first-order valence-corrected chi connectivity index (χ1v) is 12.6. The average Bonchev–Trinajstić information content (AvgIpc) is 3.32. The van der Waals surface area contributed by atoms with E-state index in [1.165, 1.54) is 0 Å². The van der Waals surface area contributed by atoms with Crippen molar-refractivity contribution in [2.75, 3.05) is 46.3 Å². The number of benzene rings is 2. The number of hydrogen-bond donors (Lipinski definition) is 3. The molecular formula is C26H33N3O5S. The molecule has 0 saturated carbocycles. The van der Waals surface area contributed by atoms with E-state index in [0.717, 1.165) is 57.8 Å². The van der Waals surface area contributed by atoms with Crippen molar-refractivity contribution in [2.24, 2.45) is 0 Å². The van der Waals surface area contributed by atoms with Crippen LogP contribution >= 0.6 is 11.8 Å². The fourth-order valence-electron chi connectivity index (χ4n) is 3.42. The van der Waals surface area contributed by atoms with E-state index in [0.29, 0.717) is 26.2 Å². The van der Waals surface area contributed by atoms with Crippen molar-refractivity contribution in [1.82, 2.24) is 15.3 Å². The number of amides is 1. The molecule has 8 nitrogen and oxygen atoms in total. The van der Waals surface area contributed by atoms with Gasteiger partial charge in [0.15, 0.2) is 5.16 Å². The molecule has 0 fully saturated rings. The molecule has 0 saturated heterocycles. The van der Waals surface area contributed by atoms with Crippen molar-refractivity contribution >= 4 is 17.7 Å². The lowest BCUT2D eigenvalue weighted by Crippen LogP contribution is -2.27. The number of ether oxygens (including phenoxy) is 3. The number of aromatic nitrogens is 2. The lowest BCUT2D eigenvalue weighted by atomic mass is 10.0. The Hall–Kier alpha value is -3.01. The van der Waals surface area contributed by atoms with E-state index in [9.17, 15) is 4.79 Å². The maximum absolute atomic E-state index is 11.9. The molecule has 35 heavy (non-hydrogen) atoms. The number of aromatic amines is 1. The van der Waals surface area contributed by atoms with Gasteiger partial charge in [0.25, 0.3) is 0 Å². The van der Waals surface area contributed by atoms with Crippen LogP contribution in [0.1, 0.15) is 19.3 Å². The predicted octanol–water partition coefficient (Wildman–Crippen LogP) is 4.15. The van der Waals surface area contributed by atoms with Gasteiger partial charge < -0.3 is 29.6 Å². The minimum Gasteiger partial charge on any atom is -0.497 e. The highest BCUT2D eigenvalue weighted by atomic mass is 32.2. The molecule has 0 spiro atoms. The monoisotopic (exact) mass is 499 g/mol. The highest BCUT2D eigenvalue weighted by molar-refractivity contribution is 7.99. The molecule has 3 N–H and O–H groups in total. The quantitative estimate of drug-likeness (QED) is 0.213. The second-order valence-corrected chi connectivity index (χ2v) is 8.80. The van der Waals surface area contributed by atoms with Gasteiger partial charge in [0.2, 0.25) is 5.91 Å². The predicted molar refractivity (Wildman–Crippen MR) is 138 cm³/mol. The summed E-state index contributed by atoms with van der Waals surface area (Å²) < 4.78 is 15.7. The van der Waals surface area contributed by atoms with E-state index in [1.54, 1.807) is 26.0 Å². The molecule has 0 radical (unpaired) electrons. The number of thioether (sulfide) groups is 1. The van der Waals surface area contributed by atoms with E-state index < -0.39 is 0 Å². The Morgan fingerprint density at radius 3 is 2.26 bits per heavy atom. The number of carbonyl (C=O) groups is 1. The SMILES string of the molecule is COc1ccc(-c2nc(SCCCCC(=O)NCCOCCO)[nH]c2-c2ccc(OC)cc2)cc1. The normalized spacial score (nSPS) is 10.8. The summed E-state index contributed by atoms with van der Waals surface area (Å²) in [6, 6.07) is 15.8. The van der Waals surface area contributed by atoms with Gasteiger partial charge in [0.05, 0.1) is 45.4 Å². The van der Waals surface area contributed by atoms with Gasteiger partial charge in [-0.2, -0.15) is 0 Å². The number of unbranched alkanes of at least 4 members (excludes halogenated alkanes) is 1. The van der Waals surface area contributed by atoms with Crippen molar-refractivity contribution in [3.8, 4) is 34.0 Å². The minimum atomic E-state index is -0.00946. The highest BCUT2D eigenvalue weighted by Crippen LogP contribution is 2.34. The Bertz CT molecular complexity index is 973. The molecule has 0 unspecified atom stereocenters. The van der Waals surface area contributed by atoms with Crippen molar-refractivity contribution in [2.45, 2.75) is 24.4 Å². The molecule has 0 atom stereocenters. The third-order valence-electron chi connectivity index (χ3n) is 5.27. The van der Waals surface area contributed by atoms with Crippen LogP contribution in [0.2, 0.25) is 0 Å². The van der Waals surface area contributed by atoms with Crippen LogP contribution in [0.25, 0.3) is 22.5 Å². The summed E-state index contributed by atoms with van der Waals surface area (Å²) >= 11 is 1.65. The zero-order chi connectivity index (χ0) is 24.9. The van der Waals surface area contributed by atoms with Gasteiger partial charge in [-0.15, -0.1) is 0 Å². The van der Waals surface area contributed by atoms with Crippen LogP contribution in [0.4, 0.5) is 0 Å². The Balaban J connectivity index is 1.58. The molecular weight excluding hydrogens is 466 g/mol. The third kappa shape index (κ3) is 8.31. The summed E-state index contributed by atoms with van der Waals surface area (Å²) in [6.07, 6.45) is 2.18. The first-order valence-electron chi connectivity index (χ1n) is 11.6. The van der Waals surface area contributed by atoms with Gasteiger partial charge in [-0.25, -0.2) is 4.98 Å². The van der Waals surface area contributed by atoms with Gasteiger partial charge in [0.1, 0.15) is 11.5 Å².